The third kappa shape index (κ3) is 3.98. The van der Waals surface area contributed by atoms with Gasteiger partial charge in [-0.05, 0) is 30.7 Å². The molecular weight excluding hydrogens is 374 g/mol. The van der Waals surface area contributed by atoms with Crippen molar-refractivity contribution in [2.24, 2.45) is 5.92 Å². The summed E-state index contributed by atoms with van der Waals surface area (Å²) in [5.41, 5.74) is 2.44. The Bertz CT molecular complexity index is 841. The molecule has 0 N–H and O–H groups in total. The van der Waals surface area contributed by atoms with E-state index in [2.05, 4.69) is 6.92 Å². The lowest BCUT2D eigenvalue weighted by Gasteiger charge is -2.30. The third-order valence-corrected chi connectivity index (χ3v) is 6.55. The van der Waals surface area contributed by atoms with E-state index in [0.29, 0.717) is 43.3 Å². The normalized spacial score (nSPS) is 20.3. The molecule has 2 unspecified atom stereocenters. The molecule has 2 aliphatic rings. The zero-order valence-corrected chi connectivity index (χ0v) is 16.9. The fourth-order valence-corrected chi connectivity index (χ4v) is 5.09. The first kappa shape index (κ1) is 19.2. The Labute approximate surface area is 169 Å². The van der Waals surface area contributed by atoms with Gasteiger partial charge in [0.15, 0.2) is 0 Å². The quantitative estimate of drug-likeness (QED) is 0.737. The Kier molecular flexibility index (Phi) is 5.78. The molecule has 2 heterocycles. The molecule has 1 aliphatic carbocycles. The molecule has 1 fully saturated rings. The Hall–Kier alpha value is -2.18. The molecule has 0 bridgehead atoms. The van der Waals surface area contributed by atoms with Crippen LogP contribution in [0.15, 0.2) is 35.7 Å². The fourth-order valence-electron chi connectivity index (χ4n) is 3.86. The van der Waals surface area contributed by atoms with Gasteiger partial charge in [-0.1, -0.05) is 37.3 Å². The Morgan fingerprint density at radius 1 is 1.21 bits per heavy atom. The molecule has 2 aromatic rings. The standard InChI is InChI=1S/C22H25NO4S/c1-15-7-8-17-18(14-28-19(17)13-15)22(25)27-20(16-5-3-2-4-6-16)21(24)23-9-11-26-12-10-23/h2-6,14-15,20H,7-13H2,1H3. The molecule has 1 amide bonds. The number of nitrogens with zero attached hydrogens (tertiary/aromatic N) is 1. The fraction of sp³-hybridized carbons (Fsp3) is 0.455. The van der Waals surface area contributed by atoms with Gasteiger partial charge in [-0.2, -0.15) is 0 Å². The lowest BCUT2D eigenvalue weighted by Crippen LogP contribution is -2.44. The van der Waals surface area contributed by atoms with Gasteiger partial charge in [-0.25, -0.2) is 4.79 Å². The number of benzene rings is 1. The average Bonchev–Trinajstić information content (AvgIpc) is 3.16. The van der Waals surface area contributed by atoms with Crippen molar-refractivity contribution in [1.82, 2.24) is 4.90 Å². The molecule has 6 heteroatoms. The van der Waals surface area contributed by atoms with E-state index in [0.717, 1.165) is 24.8 Å². The molecule has 0 saturated carbocycles. The van der Waals surface area contributed by atoms with Crippen molar-refractivity contribution in [1.29, 1.82) is 0 Å². The van der Waals surface area contributed by atoms with E-state index in [1.54, 1.807) is 16.2 Å². The van der Waals surface area contributed by atoms with Gasteiger partial charge in [-0.3, -0.25) is 4.79 Å². The van der Waals surface area contributed by atoms with Crippen molar-refractivity contribution in [3.63, 3.8) is 0 Å². The average molecular weight is 400 g/mol. The lowest BCUT2D eigenvalue weighted by molar-refractivity contribution is -0.145. The lowest BCUT2D eigenvalue weighted by atomic mass is 9.88. The van der Waals surface area contributed by atoms with Gasteiger partial charge < -0.3 is 14.4 Å². The monoisotopic (exact) mass is 399 g/mol. The first-order valence-corrected chi connectivity index (χ1v) is 10.7. The number of carbonyl (C=O) groups excluding carboxylic acids is 2. The predicted octanol–water partition coefficient (Wildman–Crippen LogP) is 3.63. The topological polar surface area (TPSA) is 55.8 Å². The number of rotatable bonds is 4. The van der Waals surface area contributed by atoms with E-state index in [4.69, 9.17) is 9.47 Å². The molecule has 1 saturated heterocycles. The molecule has 1 aliphatic heterocycles. The number of hydrogen-bond acceptors (Lipinski definition) is 5. The number of carbonyl (C=O) groups is 2. The molecular formula is C22H25NO4S. The van der Waals surface area contributed by atoms with Crippen LogP contribution in [0.2, 0.25) is 0 Å². The number of esters is 1. The van der Waals surface area contributed by atoms with Gasteiger partial charge in [0.25, 0.3) is 5.91 Å². The van der Waals surface area contributed by atoms with Crippen molar-refractivity contribution < 1.29 is 19.1 Å². The number of thiophene rings is 1. The maximum absolute atomic E-state index is 13.1. The van der Waals surface area contributed by atoms with Crippen LogP contribution in [-0.4, -0.2) is 43.1 Å². The van der Waals surface area contributed by atoms with Gasteiger partial charge in [0, 0.05) is 28.9 Å². The second-order valence-corrected chi connectivity index (χ2v) is 8.50. The zero-order valence-electron chi connectivity index (χ0n) is 16.1. The maximum Gasteiger partial charge on any atom is 0.340 e. The number of hydrogen-bond donors (Lipinski definition) is 0. The van der Waals surface area contributed by atoms with Crippen molar-refractivity contribution in [2.45, 2.75) is 32.3 Å². The van der Waals surface area contributed by atoms with Crippen LogP contribution in [0.5, 0.6) is 0 Å². The van der Waals surface area contributed by atoms with Crippen molar-refractivity contribution >= 4 is 23.2 Å². The van der Waals surface area contributed by atoms with Crippen molar-refractivity contribution in [3.05, 3.63) is 57.3 Å². The first-order chi connectivity index (χ1) is 13.6. The summed E-state index contributed by atoms with van der Waals surface area (Å²) >= 11 is 1.63. The van der Waals surface area contributed by atoms with Crippen LogP contribution in [0.25, 0.3) is 0 Å². The smallest absolute Gasteiger partial charge is 0.340 e. The van der Waals surface area contributed by atoms with E-state index < -0.39 is 12.1 Å². The van der Waals surface area contributed by atoms with Crippen LogP contribution in [-0.2, 0) is 27.1 Å². The van der Waals surface area contributed by atoms with E-state index in [1.165, 1.54) is 4.88 Å². The Morgan fingerprint density at radius 3 is 2.71 bits per heavy atom. The highest BCUT2D eigenvalue weighted by molar-refractivity contribution is 7.10. The minimum atomic E-state index is -0.926. The minimum absolute atomic E-state index is 0.180. The van der Waals surface area contributed by atoms with Crippen LogP contribution < -0.4 is 0 Å². The van der Waals surface area contributed by atoms with Crippen LogP contribution in [0.4, 0.5) is 0 Å². The van der Waals surface area contributed by atoms with Gasteiger partial charge in [-0.15, -0.1) is 11.3 Å². The SMILES string of the molecule is CC1CCc2c(C(=O)OC(C(=O)N3CCOCC3)c3ccccc3)csc2C1. The number of ether oxygens (including phenoxy) is 2. The third-order valence-electron chi connectivity index (χ3n) is 5.50. The zero-order chi connectivity index (χ0) is 19.5. The molecule has 28 heavy (non-hydrogen) atoms. The van der Waals surface area contributed by atoms with E-state index in [1.807, 2.05) is 35.7 Å². The Morgan fingerprint density at radius 2 is 1.96 bits per heavy atom. The number of fused-ring (bicyclic) bond motifs is 1. The minimum Gasteiger partial charge on any atom is -0.444 e. The maximum atomic E-state index is 13.1. The number of amides is 1. The summed E-state index contributed by atoms with van der Waals surface area (Å²) in [6.45, 7) is 4.30. The highest BCUT2D eigenvalue weighted by Crippen LogP contribution is 2.34. The van der Waals surface area contributed by atoms with E-state index >= 15 is 0 Å². The van der Waals surface area contributed by atoms with Crippen molar-refractivity contribution in [3.8, 4) is 0 Å². The van der Waals surface area contributed by atoms with Crippen LogP contribution in [0, 0.1) is 5.92 Å². The van der Waals surface area contributed by atoms with Gasteiger partial charge in [0.1, 0.15) is 0 Å². The molecule has 148 valence electrons. The van der Waals surface area contributed by atoms with E-state index in [9.17, 15) is 9.59 Å². The molecule has 4 rings (SSSR count). The second kappa shape index (κ2) is 8.45. The molecule has 0 radical (unpaired) electrons. The van der Waals surface area contributed by atoms with Gasteiger partial charge in [0.2, 0.25) is 6.10 Å². The molecule has 5 nitrogen and oxygen atoms in total. The van der Waals surface area contributed by atoms with Crippen LogP contribution >= 0.6 is 11.3 Å². The summed E-state index contributed by atoms with van der Waals surface area (Å²) in [7, 11) is 0. The second-order valence-electron chi connectivity index (χ2n) is 7.53. The van der Waals surface area contributed by atoms with Crippen LogP contribution in [0.1, 0.15) is 45.8 Å². The summed E-state index contributed by atoms with van der Waals surface area (Å²) in [5.74, 6) is 0.0677. The largest absolute Gasteiger partial charge is 0.444 e. The summed E-state index contributed by atoms with van der Waals surface area (Å²) in [5, 5.41) is 1.90. The first-order valence-electron chi connectivity index (χ1n) is 9.85. The highest BCUT2D eigenvalue weighted by atomic mass is 32.1. The summed E-state index contributed by atoms with van der Waals surface area (Å²) < 4.78 is 11.2. The molecule has 1 aromatic carbocycles. The van der Waals surface area contributed by atoms with Gasteiger partial charge >= 0.3 is 5.97 Å². The highest BCUT2D eigenvalue weighted by Gasteiger charge is 2.32. The molecule has 2 atom stereocenters. The predicted molar refractivity (Wildman–Crippen MR) is 108 cm³/mol. The number of morpholine rings is 1. The van der Waals surface area contributed by atoms with Crippen LogP contribution in [0.3, 0.4) is 0 Å². The Balaban J connectivity index is 1.57. The van der Waals surface area contributed by atoms with E-state index in [-0.39, 0.29) is 5.91 Å². The summed E-state index contributed by atoms with van der Waals surface area (Å²) in [6.07, 6.45) is 2.07. The molecule has 0 spiro atoms. The van der Waals surface area contributed by atoms with Gasteiger partial charge in [0.05, 0.1) is 18.8 Å². The summed E-state index contributed by atoms with van der Waals surface area (Å²) in [4.78, 5) is 29.2. The van der Waals surface area contributed by atoms with Crippen molar-refractivity contribution in [2.75, 3.05) is 26.3 Å². The summed E-state index contributed by atoms with van der Waals surface area (Å²) in [6, 6.07) is 9.27. The molecule has 1 aromatic heterocycles.